The summed E-state index contributed by atoms with van der Waals surface area (Å²) in [6, 6.07) is 13.3. The van der Waals surface area contributed by atoms with Crippen LogP contribution in [0.4, 0.5) is 5.82 Å². The summed E-state index contributed by atoms with van der Waals surface area (Å²) >= 11 is 0. The van der Waals surface area contributed by atoms with Crippen molar-refractivity contribution in [3.05, 3.63) is 89.4 Å². The smallest absolute Gasteiger partial charge is 0.309 e. The molecule has 0 bridgehead atoms. The number of rotatable bonds is 19. The molecule has 2 fully saturated rings. The van der Waals surface area contributed by atoms with Gasteiger partial charge in [0.25, 0.3) is 0 Å². The number of anilines is 1. The number of benzene rings is 1. The molecule has 0 amide bonds. The predicted octanol–water partition coefficient (Wildman–Crippen LogP) is 8.00. The Kier molecular flexibility index (Phi) is 14.1. The number of carboxylic acid groups (broad SMARTS) is 1. The Morgan fingerprint density at radius 3 is 2.51 bits per heavy atom. The number of nitrogens with zero attached hydrogens (tertiary/aromatic N) is 1. The number of pyridine rings is 1. The van der Waals surface area contributed by atoms with Crippen LogP contribution in [-0.4, -0.2) is 59.3 Å². The van der Waals surface area contributed by atoms with Crippen LogP contribution in [0, 0.1) is 41.4 Å². The van der Waals surface area contributed by atoms with E-state index in [4.69, 9.17) is 5.73 Å². The first-order chi connectivity index (χ1) is 26.5. The van der Waals surface area contributed by atoms with Crippen molar-refractivity contribution in [2.75, 3.05) is 5.73 Å². The number of fused-ring (bicyclic) bond motifs is 1. The number of carboxylic acids is 1. The number of unbranched alkanes of at least 4 members (excludes halogenated alkanes) is 4. The zero-order valence-corrected chi connectivity index (χ0v) is 32.7. The van der Waals surface area contributed by atoms with E-state index in [1.807, 2.05) is 30.5 Å². The Labute approximate surface area is 327 Å². The molecule has 300 valence electrons. The molecule has 1 aromatic carbocycles. The number of carbonyl (C=O) groups is 1. The van der Waals surface area contributed by atoms with Gasteiger partial charge >= 0.3 is 5.97 Å². The van der Waals surface area contributed by atoms with Crippen LogP contribution in [-0.2, 0) is 24.1 Å². The van der Waals surface area contributed by atoms with Crippen molar-refractivity contribution in [1.82, 2.24) is 9.97 Å². The Morgan fingerprint density at radius 2 is 1.76 bits per heavy atom. The average Bonchev–Trinajstić information content (AvgIpc) is 3.71. The second-order valence-corrected chi connectivity index (χ2v) is 17.4. The van der Waals surface area contributed by atoms with Crippen LogP contribution >= 0.6 is 0 Å². The van der Waals surface area contributed by atoms with Crippen LogP contribution in [0.1, 0.15) is 119 Å². The number of allylic oxidation sites excluding steroid dienone is 1. The van der Waals surface area contributed by atoms with Gasteiger partial charge in [-0.2, -0.15) is 0 Å². The van der Waals surface area contributed by atoms with Crippen molar-refractivity contribution in [2.45, 2.75) is 134 Å². The number of phenols is 1. The largest absolute Gasteiger partial charge is 0.508 e. The number of phenolic OH excluding ortho intramolecular Hbond substituents is 1. The van der Waals surface area contributed by atoms with Gasteiger partial charge in [0.2, 0.25) is 0 Å². The van der Waals surface area contributed by atoms with Gasteiger partial charge < -0.3 is 36.3 Å². The molecule has 3 aromatic rings. The Balaban J connectivity index is 1.07. The van der Waals surface area contributed by atoms with E-state index >= 15 is 0 Å². The minimum absolute atomic E-state index is 0.0286. The molecular weight excluding hydrogens is 691 g/mol. The molecule has 2 heterocycles. The van der Waals surface area contributed by atoms with Crippen LogP contribution in [0.15, 0.2) is 67.0 Å². The average molecular weight is 756 g/mol. The van der Waals surface area contributed by atoms with E-state index in [1.54, 1.807) is 18.3 Å². The summed E-state index contributed by atoms with van der Waals surface area (Å²) < 4.78 is 0. The molecule has 6 rings (SSSR count). The molecule has 10 atom stereocenters. The monoisotopic (exact) mass is 755 g/mol. The van der Waals surface area contributed by atoms with E-state index in [1.165, 1.54) is 19.3 Å². The SMILES string of the molecule is CCCCCC1C=CC(CCCCCC(C(=O)O)C(O)C2CCC3C(Cc4ccnc(N)c4)CC(Cc4cc(Cc5ccc(O)cc5)c[nH]4)C3(O)C2)C(O)C1. The second kappa shape index (κ2) is 19.0. The summed E-state index contributed by atoms with van der Waals surface area (Å²) in [6.07, 6.45) is 21.1. The van der Waals surface area contributed by atoms with Gasteiger partial charge in [-0.3, -0.25) is 4.79 Å². The number of aromatic hydroxyl groups is 1. The lowest BCUT2D eigenvalue weighted by molar-refractivity contribution is -0.152. The van der Waals surface area contributed by atoms with E-state index < -0.39 is 23.6 Å². The number of aromatic nitrogens is 2. The summed E-state index contributed by atoms with van der Waals surface area (Å²) in [5, 5.41) is 55.3. The molecule has 8 N–H and O–H groups in total. The van der Waals surface area contributed by atoms with Crippen molar-refractivity contribution in [1.29, 1.82) is 0 Å². The fourth-order valence-corrected chi connectivity index (χ4v) is 10.5. The first-order valence-corrected chi connectivity index (χ1v) is 21.2. The first kappa shape index (κ1) is 41.0. The predicted molar refractivity (Wildman–Crippen MR) is 216 cm³/mol. The van der Waals surface area contributed by atoms with E-state index in [9.17, 15) is 30.3 Å². The highest BCUT2D eigenvalue weighted by Gasteiger charge is 2.57. The number of nitrogens with one attached hydrogen (secondary N) is 1. The van der Waals surface area contributed by atoms with E-state index in [-0.39, 0.29) is 41.4 Å². The Morgan fingerprint density at radius 1 is 0.964 bits per heavy atom. The molecule has 0 spiro atoms. The topological polar surface area (TPSA) is 173 Å². The molecule has 2 aromatic heterocycles. The highest BCUT2D eigenvalue weighted by atomic mass is 16.4. The van der Waals surface area contributed by atoms with Gasteiger partial charge in [-0.25, -0.2) is 4.98 Å². The maximum absolute atomic E-state index is 12.7. The van der Waals surface area contributed by atoms with Crippen molar-refractivity contribution in [3.63, 3.8) is 0 Å². The fraction of sp³-hybridized carbons (Fsp3) is 0.609. The summed E-state index contributed by atoms with van der Waals surface area (Å²) in [4.78, 5) is 20.2. The van der Waals surface area contributed by atoms with Crippen molar-refractivity contribution >= 4 is 11.8 Å². The van der Waals surface area contributed by atoms with E-state index in [0.29, 0.717) is 43.8 Å². The third-order valence-corrected chi connectivity index (χ3v) is 13.5. The molecule has 10 unspecified atom stereocenters. The standard InChI is InChI=1S/C46H65N3O6/c1-2-3-5-8-30-11-14-34(42(51)24-30)9-6-4-7-10-40(45(53)54)44(52)35-15-18-41-36(22-32-19-20-48-43(47)25-32)26-37(46(41,55)28-35)27-38-23-33(29-49-38)21-31-12-16-39(50)17-13-31/h11-14,16-17,19-20,23,25,29-30,34-37,40-42,44,49-52,55H,2-10,15,18,21-22,24,26-28H2,1H3,(H2,47,48)(H,53,54). The molecule has 3 aliphatic rings. The Bertz CT molecular complexity index is 1690. The van der Waals surface area contributed by atoms with Crippen LogP contribution in [0.2, 0.25) is 0 Å². The van der Waals surface area contributed by atoms with E-state index in [2.05, 4.69) is 35.1 Å². The number of hydrogen-bond acceptors (Lipinski definition) is 7. The molecule has 9 nitrogen and oxygen atoms in total. The van der Waals surface area contributed by atoms with Gasteiger partial charge in [-0.05, 0) is 147 Å². The molecule has 3 aliphatic carbocycles. The fourth-order valence-electron chi connectivity index (χ4n) is 10.5. The summed E-state index contributed by atoms with van der Waals surface area (Å²) in [7, 11) is 0. The van der Waals surface area contributed by atoms with Gasteiger partial charge in [0.05, 0.1) is 23.7 Å². The van der Waals surface area contributed by atoms with Gasteiger partial charge in [-0.15, -0.1) is 0 Å². The van der Waals surface area contributed by atoms with Crippen LogP contribution in [0.25, 0.3) is 0 Å². The highest BCUT2D eigenvalue weighted by molar-refractivity contribution is 5.70. The van der Waals surface area contributed by atoms with Crippen molar-refractivity contribution in [2.24, 2.45) is 41.4 Å². The van der Waals surface area contributed by atoms with Gasteiger partial charge in [0, 0.05) is 24.0 Å². The molecule has 2 saturated carbocycles. The maximum atomic E-state index is 12.7. The molecule has 0 aliphatic heterocycles. The number of nitrogens with two attached hydrogens (primary N) is 1. The number of aliphatic hydroxyl groups excluding tert-OH is 2. The lowest BCUT2D eigenvalue weighted by Gasteiger charge is -2.45. The number of aromatic amines is 1. The number of nitrogen functional groups attached to an aromatic ring is 1. The minimum atomic E-state index is -1.04. The Hall–Kier alpha value is -3.66. The third-order valence-electron chi connectivity index (χ3n) is 13.5. The third kappa shape index (κ3) is 10.6. The zero-order valence-electron chi connectivity index (χ0n) is 32.7. The lowest BCUT2D eigenvalue weighted by atomic mass is 9.64. The van der Waals surface area contributed by atoms with Gasteiger partial charge in [0.1, 0.15) is 11.6 Å². The quantitative estimate of drug-likeness (QED) is 0.0476. The summed E-state index contributed by atoms with van der Waals surface area (Å²) in [5.41, 5.74) is 9.38. The van der Waals surface area contributed by atoms with Crippen LogP contribution < -0.4 is 5.73 Å². The van der Waals surface area contributed by atoms with Gasteiger partial charge in [-0.1, -0.05) is 69.7 Å². The number of hydrogen-bond donors (Lipinski definition) is 7. The van der Waals surface area contributed by atoms with E-state index in [0.717, 1.165) is 80.2 Å². The zero-order chi connectivity index (χ0) is 39.0. The number of aliphatic carboxylic acids is 1. The molecule has 0 radical (unpaired) electrons. The maximum Gasteiger partial charge on any atom is 0.309 e. The van der Waals surface area contributed by atoms with Crippen LogP contribution in [0.3, 0.4) is 0 Å². The minimum Gasteiger partial charge on any atom is -0.508 e. The van der Waals surface area contributed by atoms with Crippen LogP contribution in [0.5, 0.6) is 5.75 Å². The van der Waals surface area contributed by atoms with Crippen molar-refractivity contribution in [3.8, 4) is 5.75 Å². The summed E-state index contributed by atoms with van der Waals surface area (Å²) in [6.45, 7) is 2.21. The number of aliphatic hydroxyl groups is 3. The normalized spacial score (nSPS) is 28.8. The molecular formula is C46H65N3O6. The van der Waals surface area contributed by atoms with Gasteiger partial charge in [0.15, 0.2) is 0 Å². The highest BCUT2D eigenvalue weighted by Crippen LogP contribution is 2.56. The summed E-state index contributed by atoms with van der Waals surface area (Å²) in [5.74, 6) is -0.600. The molecule has 9 heteroatoms. The second-order valence-electron chi connectivity index (χ2n) is 17.4. The lowest BCUT2D eigenvalue weighted by Crippen LogP contribution is -2.50. The van der Waals surface area contributed by atoms with Crippen molar-refractivity contribution < 1.29 is 30.3 Å². The first-order valence-electron chi connectivity index (χ1n) is 21.2. The molecule has 0 saturated heterocycles. The number of H-pyrrole nitrogens is 1. The molecule has 55 heavy (non-hydrogen) atoms.